The predicted octanol–water partition coefficient (Wildman–Crippen LogP) is 15.6. The van der Waals surface area contributed by atoms with Crippen molar-refractivity contribution in [3.63, 3.8) is 0 Å². The summed E-state index contributed by atoms with van der Waals surface area (Å²) in [6, 6.07) is 0. The molecule has 6 nitrogen and oxygen atoms in total. The van der Waals surface area contributed by atoms with E-state index in [1.165, 1.54) is 180 Å². The molecule has 0 fully saturated rings. The maximum absolute atomic E-state index is 12.7. The highest BCUT2D eigenvalue weighted by atomic mass is 16.6. The van der Waals surface area contributed by atoms with Crippen molar-refractivity contribution in [3.8, 4) is 0 Å². The van der Waals surface area contributed by atoms with Crippen LogP contribution in [0.4, 0.5) is 0 Å². The monoisotopic (exact) mass is 779 g/mol. The molecule has 0 saturated carbocycles. The van der Waals surface area contributed by atoms with Crippen molar-refractivity contribution >= 4 is 17.9 Å². The van der Waals surface area contributed by atoms with Crippen LogP contribution < -0.4 is 0 Å². The Balaban J connectivity index is 4.27. The molecule has 0 aliphatic rings. The number of hydrogen-bond donors (Lipinski definition) is 0. The second kappa shape index (κ2) is 45.1. The third kappa shape index (κ3) is 43.4. The van der Waals surface area contributed by atoms with E-state index in [-0.39, 0.29) is 31.1 Å². The maximum atomic E-state index is 12.7. The Morgan fingerprint density at radius 2 is 0.491 bits per heavy atom. The normalized spacial score (nSPS) is 11.8. The van der Waals surface area contributed by atoms with Gasteiger partial charge in [0.25, 0.3) is 0 Å². The molecule has 0 unspecified atom stereocenters. The molecule has 55 heavy (non-hydrogen) atoms. The molecule has 6 heteroatoms. The summed E-state index contributed by atoms with van der Waals surface area (Å²) >= 11 is 0. The van der Waals surface area contributed by atoms with Gasteiger partial charge in [-0.3, -0.25) is 14.4 Å². The quantitative estimate of drug-likeness (QED) is 0.0348. The van der Waals surface area contributed by atoms with Gasteiger partial charge in [-0.25, -0.2) is 0 Å². The molecular formula is C49H94O6. The Morgan fingerprint density at radius 1 is 0.291 bits per heavy atom. The highest BCUT2D eigenvalue weighted by Crippen LogP contribution is 2.16. The third-order valence-corrected chi connectivity index (χ3v) is 11.1. The van der Waals surface area contributed by atoms with Gasteiger partial charge in [0.2, 0.25) is 0 Å². The first-order valence-corrected chi connectivity index (χ1v) is 24.5. The average Bonchev–Trinajstić information content (AvgIpc) is 3.18. The van der Waals surface area contributed by atoms with Gasteiger partial charge in [-0.1, -0.05) is 239 Å². The number of esters is 3. The van der Waals surface area contributed by atoms with Crippen LogP contribution in [0.25, 0.3) is 0 Å². The van der Waals surface area contributed by atoms with Crippen LogP contribution in [0.3, 0.4) is 0 Å². The van der Waals surface area contributed by atoms with Crippen molar-refractivity contribution in [1.29, 1.82) is 0 Å². The van der Waals surface area contributed by atoms with Gasteiger partial charge in [0.15, 0.2) is 6.10 Å². The molecule has 0 N–H and O–H groups in total. The van der Waals surface area contributed by atoms with Gasteiger partial charge in [-0.2, -0.15) is 0 Å². The fourth-order valence-electron chi connectivity index (χ4n) is 7.38. The largest absolute Gasteiger partial charge is 0.462 e. The lowest BCUT2D eigenvalue weighted by atomic mass is 10.0. The van der Waals surface area contributed by atoms with Gasteiger partial charge in [-0.15, -0.1) is 0 Å². The molecule has 0 heterocycles. The SMILES string of the molecule is CCCCCCCCCCCCCCCCCCC(=O)O[C@H](COC(=O)CCCCCCCCCCC)COC(=O)CCCCCCCCCCCCCC. The molecule has 0 amide bonds. The molecule has 0 saturated heterocycles. The Labute approximate surface area is 342 Å². The Kier molecular flexibility index (Phi) is 43.8. The lowest BCUT2D eigenvalue weighted by Gasteiger charge is -2.18. The second-order valence-electron chi connectivity index (χ2n) is 16.7. The number of rotatable bonds is 45. The summed E-state index contributed by atoms with van der Waals surface area (Å²) in [5, 5.41) is 0. The van der Waals surface area contributed by atoms with E-state index in [0.29, 0.717) is 19.3 Å². The third-order valence-electron chi connectivity index (χ3n) is 11.1. The standard InChI is InChI=1S/C49H94O6/c1-4-7-10-13-16-19-21-23-24-25-26-28-31-34-37-40-43-49(52)55-46(44-53-47(50)41-38-35-32-29-18-15-12-9-6-3)45-54-48(51)42-39-36-33-30-27-22-20-17-14-11-8-5-2/h46H,4-45H2,1-3H3/t46-/m1/s1. The van der Waals surface area contributed by atoms with Gasteiger partial charge >= 0.3 is 17.9 Å². The minimum Gasteiger partial charge on any atom is -0.462 e. The van der Waals surface area contributed by atoms with E-state index in [9.17, 15) is 14.4 Å². The van der Waals surface area contributed by atoms with Crippen LogP contribution in [0, 0.1) is 0 Å². The van der Waals surface area contributed by atoms with Gasteiger partial charge in [0.05, 0.1) is 0 Å². The average molecular weight is 779 g/mol. The minimum atomic E-state index is -0.758. The lowest BCUT2D eigenvalue weighted by Crippen LogP contribution is -2.30. The molecule has 0 aromatic heterocycles. The zero-order chi connectivity index (χ0) is 40.1. The Morgan fingerprint density at radius 3 is 0.727 bits per heavy atom. The number of ether oxygens (including phenoxy) is 3. The molecule has 0 spiro atoms. The summed E-state index contributed by atoms with van der Waals surface area (Å²) < 4.78 is 16.7. The van der Waals surface area contributed by atoms with E-state index in [1.54, 1.807) is 0 Å². The first-order valence-electron chi connectivity index (χ1n) is 24.5. The molecular weight excluding hydrogens is 685 g/mol. The molecule has 1 atom stereocenters. The summed E-state index contributed by atoms with van der Waals surface area (Å²) in [6.45, 7) is 6.65. The Bertz CT molecular complexity index is 813. The van der Waals surface area contributed by atoms with Crippen LogP contribution in [0.1, 0.15) is 278 Å². The molecule has 0 aromatic rings. The van der Waals surface area contributed by atoms with E-state index < -0.39 is 6.10 Å². The van der Waals surface area contributed by atoms with Crippen LogP contribution in [0.5, 0.6) is 0 Å². The molecule has 0 bridgehead atoms. The zero-order valence-electron chi connectivity index (χ0n) is 37.2. The van der Waals surface area contributed by atoms with Crippen molar-refractivity contribution in [2.24, 2.45) is 0 Å². The van der Waals surface area contributed by atoms with E-state index in [0.717, 1.165) is 57.8 Å². The predicted molar refractivity (Wildman–Crippen MR) is 233 cm³/mol. The summed E-state index contributed by atoms with van der Waals surface area (Å²) in [4.78, 5) is 37.7. The van der Waals surface area contributed by atoms with Crippen LogP contribution >= 0.6 is 0 Å². The molecule has 0 radical (unpaired) electrons. The molecule has 0 rings (SSSR count). The van der Waals surface area contributed by atoms with Gasteiger partial charge in [0.1, 0.15) is 13.2 Å². The zero-order valence-corrected chi connectivity index (χ0v) is 37.2. The first-order chi connectivity index (χ1) is 27.0. The number of hydrogen-bond acceptors (Lipinski definition) is 6. The molecule has 0 aromatic carbocycles. The number of unbranched alkanes of at least 4 members (excludes halogenated alkanes) is 34. The summed E-state index contributed by atoms with van der Waals surface area (Å²) in [5.74, 6) is -0.848. The van der Waals surface area contributed by atoms with E-state index in [2.05, 4.69) is 20.8 Å². The second-order valence-corrected chi connectivity index (χ2v) is 16.7. The van der Waals surface area contributed by atoms with Crippen molar-refractivity contribution in [3.05, 3.63) is 0 Å². The topological polar surface area (TPSA) is 78.9 Å². The summed E-state index contributed by atoms with van der Waals surface area (Å²) in [7, 11) is 0. The minimum absolute atomic E-state index is 0.0624. The highest BCUT2D eigenvalue weighted by molar-refractivity contribution is 5.71. The van der Waals surface area contributed by atoms with Gasteiger partial charge < -0.3 is 14.2 Å². The van der Waals surface area contributed by atoms with Crippen LogP contribution in [-0.2, 0) is 28.6 Å². The lowest BCUT2D eigenvalue weighted by molar-refractivity contribution is -0.167. The van der Waals surface area contributed by atoms with Crippen LogP contribution in [-0.4, -0.2) is 37.2 Å². The fourth-order valence-corrected chi connectivity index (χ4v) is 7.38. The van der Waals surface area contributed by atoms with Crippen molar-refractivity contribution in [2.75, 3.05) is 13.2 Å². The molecule has 326 valence electrons. The number of carbonyl (C=O) groups excluding carboxylic acids is 3. The smallest absolute Gasteiger partial charge is 0.306 e. The molecule has 0 aliphatic carbocycles. The van der Waals surface area contributed by atoms with E-state index in [4.69, 9.17) is 14.2 Å². The van der Waals surface area contributed by atoms with Gasteiger partial charge in [-0.05, 0) is 19.3 Å². The fraction of sp³-hybridized carbons (Fsp3) is 0.939. The Hall–Kier alpha value is -1.59. The highest BCUT2D eigenvalue weighted by Gasteiger charge is 2.19. The first kappa shape index (κ1) is 53.4. The van der Waals surface area contributed by atoms with E-state index >= 15 is 0 Å². The van der Waals surface area contributed by atoms with Crippen molar-refractivity contribution in [1.82, 2.24) is 0 Å². The maximum Gasteiger partial charge on any atom is 0.306 e. The van der Waals surface area contributed by atoms with Gasteiger partial charge in [0, 0.05) is 19.3 Å². The summed E-state index contributed by atoms with van der Waals surface area (Å²) in [5.41, 5.74) is 0. The number of carbonyl (C=O) groups is 3. The summed E-state index contributed by atoms with van der Waals surface area (Å²) in [6.07, 6.45) is 46.5. The molecule has 0 aliphatic heterocycles. The van der Waals surface area contributed by atoms with Crippen molar-refractivity contribution < 1.29 is 28.6 Å². The van der Waals surface area contributed by atoms with Crippen LogP contribution in [0.2, 0.25) is 0 Å². The van der Waals surface area contributed by atoms with E-state index in [1.807, 2.05) is 0 Å². The van der Waals surface area contributed by atoms with Crippen LogP contribution in [0.15, 0.2) is 0 Å². The van der Waals surface area contributed by atoms with Crippen molar-refractivity contribution in [2.45, 2.75) is 284 Å².